The van der Waals surface area contributed by atoms with E-state index >= 15 is 0 Å². The van der Waals surface area contributed by atoms with Crippen LogP contribution in [0.4, 0.5) is 5.69 Å². The number of amides is 2. The first-order chi connectivity index (χ1) is 13.7. The molecule has 28 heavy (non-hydrogen) atoms. The van der Waals surface area contributed by atoms with Crippen molar-refractivity contribution in [3.05, 3.63) is 41.5 Å². The van der Waals surface area contributed by atoms with Crippen LogP contribution >= 0.6 is 0 Å². The van der Waals surface area contributed by atoms with E-state index in [4.69, 9.17) is 0 Å². The summed E-state index contributed by atoms with van der Waals surface area (Å²) in [5.74, 6) is 0.597. The Balaban J connectivity index is 1.22. The number of allylic oxidation sites excluding steroid dienone is 1. The highest BCUT2D eigenvalue weighted by Crippen LogP contribution is 2.34. The highest BCUT2D eigenvalue weighted by Gasteiger charge is 2.34. The van der Waals surface area contributed by atoms with E-state index in [-0.39, 0.29) is 23.7 Å². The number of benzene rings is 1. The number of hydrogen-bond acceptors (Lipinski definition) is 2. The Morgan fingerprint density at radius 1 is 1.00 bits per heavy atom. The van der Waals surface area contributed by atoms with Gasteiger partial charge in [-0.25, -0.2) is 0 Å². The van der Waals surface area contributed by atoms with E-state index in [0.29, 0.717) is 0 Å². The minimum atomic E-state index is 0.0719. The minimum absolute atomic E-state index is 0.0719. The molecular weight excluding hydrogens is 348 g/mol. The zero-order valence-electron chi connectivity index (χ0n) is 16.8. The second-order valence-corrected chi connectivity index (χ2v) is 8.57. The number of hydrogen-bond donors (Lipinski definition) is 1. The molecule has 1 aliphatic heterocycles. The smallest absolute Gasteiger partial charge is 0.230 e. The van der Waals surface area contributed by atoms with Crippen molar-refractivity contribution in [3.63, 3.8) is 0 Å². The van der Waals surface area contributed by atoms with E-state index in [1.54, 1.807) is 0 Å². The van der Waals surface area contributed by atoms with Crippen LogP contribution in [0.25, 0.3) is 0 Å². The van der Waals surface area contributed by atoms with E-state index in [2.05, 4.69) is 23.5 Å². The molecule has 2 amide bonds. The van der Waals surface area contributed by atoms with Crippen LogP contribution in [0.5, 0.6) is 0 Å². The number of carbonyl (C=O) groups is 2. The molecule has 1 fully saturated rings. The van der Waals surface area contributed by atoms with E-state index in [1.807, 2.05) is 17.0 Å². The van der Waals surface area contributed by atoms with Gasteiger partial charge in [0.2, 0.25) is 11.8 Å². The van der Waals surface area contributed by atoms with Gasteiger partial charge in [-0.1, -0.05) is 29.8 Å². The van der Waals surface area contributed by atoms with Gasteiger partial charge in [0.1, 0.15) is 0 Å². The standard InChI is InChI=1S/C24H32N2O2/c27-23(25-16-14-18-6-2-1-3-7-18)20-10-12-21(13-11-20)24(28)26-17-15-19-8-4-5-9-22(19)26/h4-6,8-9,20-21H,1-3,7,10-17H2,(H,25,27). The summed E-state index contributed by atoms with van der Waals surface area (Å²) in [4.78, 5) is 27.5. The van der Waals surface area contributed by atoms with Crippen molar-refractivity contribution >= 4 is 17.5 Å². The molecule has 2 aliphatic carbocycles. The summed E-state index contributed by atoms with van der Waals surface area (Å²) in [5.41, 5.74) is 3.87. The highest BCUT2D eigenvalue weighted by molar-refractivity contribution is 5.97. The largest absolute Gasteiger partial charge is 0.356 e. The molecule has 1 aromatic rings. The maximum absolute atomic E-state index is 13.0. The summed E-state index contributed by atoms with van der Waals surface area (Å²) < 4.78 is 0. The van der Waals surface area contributed by atoms with E-state index < -0.39 is 0 Å². The molecule has 0 spiro atoms. The summed E-state index contributed by atoms with van der Waals surface area (Å²) in [6.07, 6.45) is 12.6. The molecule has 0 bridgehead atoms. The fourth-order valence-corrected chi connectivity index (χ4v) is 5.01. The van der Waals surface area contributed by atoms with Gasteiger partial charge < -0.3 is 10.2 Å². The quantitative estimate of drug-likeness (QED) is 0.770. The van der Waals surface area contributed by atoms with Gasteiger partial charge in [0, 0.05) is 30.6 Å². The van der Waals surface area contributed by atoms with Crippen LogP contribution in [0.1, 0.15) is 63.4 Å². The predicted molar refractivity (Wildman–Crippen MR) is 112 cm³/mol. The Bertz CT molecular complexity index is 747. The molecule has 4 heteroatoms. The third kappa shape index (κ3) is 4.31. The molecule has 0 atom stereocenters. The second kappa shape index (κ2) is 8.93. The first-order valence-corrected chi connectivity index (χ1v) is 11.1. The van der Waals surface area contributed by atoms with Crippen LogP contribution in [0.15, 0.2) is 35.9 Å². The number of carbonyl (C=O) groups excluding carboxylic acids is 2. The number of rotatable bonds is 5. The first kappa shape index (κ1) is 19.2. The van der Waals surface area contributed by atoms with Crippen LogP contribution in [0.3, 0.4) is 0 Å². The van der Waals surface area contributed by atoms with Crippen molar-refractivity contribution in [1.82, 2.24) is 5.32 Å². The molecule has 0 radical (unpaired) electrons. The molecule has 1 saturated carbocycles. The summed E-state index contributed by atoms with van der Waals surface area (Å²) in [6, 6.07) is 8.23. The van der Waals surface area contributed by atoms with Gasteiger partial charge in [0.05, 0.1) is 0 Å². The molecule has 1 N–H and O–H groups in total. The monoisotopic (exact) mass is 380 g/mol. The van der Waals surface area contributed by atoms with Gasteiger partial charge in [0.15, 0.2) is 0 Å². The van der Waals surface area contributed by atoms with Crippen molar-refractivity contribution in [2.45, 2.75) is 64.2 Å². The number of nitrogens with one attached hydrogen (secondary N) is 1. The fraction of sp³-hybridized carbons (Fsp3) is 0.583. The molecular formula is C24H32N2O2. The lowest BCUT2D eigenvalue weighted by Gasteiger charge is -2.30. The van der Waals surface area contributed by atoms with Crippen LogP contribution in [-0.4, -0.2) is 24.9 Å². The molecule has 0 unspecified atom stereocenters. The number of anilines is 1. The van der Waals surface area contributed by atoms with E-state index in [1.165, 1.54) is 36.8 Å². The SMILES string of the molecule is O=C(NCCC1=CCCCC1)C1CCC(C(=O)N2CCc3ccccc32)CC1. The van der Waals surface area contributed by atoms with Crippen LogP contribution < -0.4 is 10.2 Å². The Kier molecular flexibility index (Phi) is 6.13. The average molecular weight is 381 g/mol. The number of nitrogens with zero attached hydrogens (tertiary/aromatic N) is 1. The summed E-state index contributed by atoms with van der Waals surface area (Å²) in [7, 11) is 0. The zero-order valence-corrected chi connectivity index (χ0v) is 16.8. The Morgan fingerprint density at radius 2 is 1.79 bits per heavy atom. The van der Waals surface area contributed by atoms with Crippen molar-refractivity contribution in [1.29, 1.82) is 0 Å². The maximum atomic E-state index is 13.0. The molecule has 1 aromatic carbocycles. The lowest BCUT2D eigenvalue weighted by molar-refractivity contribution is -0.129. The molecule has 4 rings (SSSR count). The highest BCUT2D eigenvalue weighted by atomic mass is 16.2. The topological polar surface area (TPSA) is 49.4 Å². The van der Waals surface area contributed by atoms with Gasteiger partial charge in [-0.05, 0) is 75.8 Å². The van der Waals surface area contributed by atoms with Gasteiger partial charge in [-0.15, -0.1) is 0 Å². The normalized spacial score (nSPS) is 24.4. The summed E-state index contributed by atoms with van der Waals surface area (Å²) >= 11 is 0. The lowest BCUT2D eigenvalue weighted by atomic mass is 9.81. The second-order valence-electron chi connectivity index (χ2n) is 8.57. The van der Waals surface area contributed by atoms with Crippen LogP contribution in [0, 0.1) is 11.8 Å². The predicted octanol–water partition coefficient (Wildman–Crippen LogP) is 4.39. The molecule has 3 aliphatic rings. The van der Waals surface area contributed by atoms with Crippen molar-refractivity contribution in [2.24, 2.45) is 11.8 Å². The Morgan fingerprint density at radius 3 is 2.57 bits per heavy atom. The van der Waals surface area contributed by atoms with Crippen molar-refractivity contribution in [2.75, 3.05) is 18.0 Å². The van der Waals surface area contributed by atoms with E-state index in [0.717, 1.165) is 57.3 Å². The molecule has 150 valence electrons. The van der Waals surface area contributed by atoms with Crippen LogP contribution in [0.2, 0.25) is 0 Å². The minimum Gasteiger partial charge on any atom is -0.356 e. The first-order valence-electron chi connectivity index (χ1n) is 11.1. The zero-order chi connectivity index (χ0) is 19.3. The third-order valence-electron chi connectivity index (χ3n) is 6.73. The number of para-hydroxylation sites is 1. The third-order valence-corrected chi connectivity index (χ3v) is 6.73. The van der Waals surface area contributed by atoms with Crippen molar-refractivity contribution < 1.29 is 9.59 Å². The fourth-order valence-electron chi connectivity index (χ4n) is 5.01. The van der Waals surface area contributed by atoms with E-state index in [9.17, 15) is 9.59 Å². The Hall–Kier alpha value is -2.10. The van der Waals surface area contributed by atoms with Crippen LogP contribution in [-0.2, 0) is 16.0 Å². The lowest BCUT2D eigenvalue weighted by Crippen LogP contribution is -2.39. The molecule has 1 heterocycles. The van der Waals surface area contributed by atoms with Gasteiger partial charge in [-0.2, -0.15) is 0 Å². The van der Waals surface area contributed by atoms with Gasteiger partial charge in [-0.3, -0.25) is 9.59 Å². The molecule has 0 saturated heterocycles. The molecule has 4 nitrogen and oxygen atoms in total. The maximum Gasteiger partial charge on any atom is 0.230 e. The van der Waals surface area contributed by atoms with Gasteiger partial charge >= 0.3 is 0 Å². The Labute approximate surface area is 168 Å². The van der Waals surface area contributed by atoms with Crippen molar-refractivity contribution in [3.8, 4) is 0 Å². The average Bonchev–Trinajstić information content (AvgIpc) is 3.18. The number of fused-ring (bicyclic) bond motifs is 1. The molecule has 0 aromatic heterocycles. The summed E-state index contributed by atoms with van der Waals surface area (Å²) in [5, 5.41) is 3.14. The summed E-state index contributed by atoms with van der Waals surface area (Å²) in [6.45, 7) is 1.56. The van der Waals surface area contributed by atoms with Gasteiger partial charge in [0.25, 0.3) is 0 Å².